The summed E-state index contributed by atoms with van der Waals surface area (Å²) < 4.78 is 0. The molecule has 2 aromatic rings. The van der Waals surface area contributed by atoms with Crippen LogP contribution < -0.4 is 5.73 Å². The summed E-state index contributed by atoms with van der Waals surface area (Å²) in [5.74, 6) is 0.304. The lowest BCUT2D eigenvalue weighted by molar-refractivity contribution is 0.268. The number of nitrogens with two attached hydrogens (primary N) is 1. The largest absolute Gasteiger partial charge is 0.383 e. The van der Waals surface area contributed by atoms with E-state index >= 15 is 0 Å². The fourth-order valence-corrected chi connectivity index (χ4v) is 2.61. The van der Waals surface area contributed by atoms with Gasteiger partial charge in [-0.15, -0.1) is 0 Å². The van der Waals surface area contributed by atoms with E-state index in [2.05, 4.69) is 23.2 Å². The zero-order valence-corrected chi connectivity index (χ0v) is 10.3. The Labute approximate surface area is 108 Å². The Bertz CT molecular complexity index is 699. The smallest absolute Gasteiger partial charge is 0.311 e. The molecule has 2 aromatic carbocycles. The first kappa shape index (κ1) is 11.0. The Hall–Kier alpha value is -2.07. The summed E-state index contributed by atoms with van der Waals surface area (Å²) in [6, 6.07) is 14.2. The first-order valence-electron chi connectivity index (χ1n) is 5.50. The molecule has 1 aliphatic heterocycles. The standard InChI is InChI=1S/C14H10N2OS/c15-13-12(18-14(17)16-13)8-10-6-3-5-9-4-1-2-7-11(9)10/h1-8H,(H2,15,16,17). The Kier molecular flexibility index (Phi) is 2.64. The van der Waals surface area contributed by atoms with Crippen molar-refractivity contribution in [2.45, 2.75) is 0 Å². The SMILES string of the molecule is NC1=NC(=O)SC1=Cc1cccc2ccccc12. The zero-order valence-electron chi connectivity index (χ0n) is 9.46. The monoisotopic (exact) mass is 254 g/mol. The Morgan fingerprint density at radius 3 is 2.67 bits per heavy atom. The van der Waals surface area contributed by atoms with Gasteiger partial charge in [-0.05, 0) is 34.2 Å². The van der Waals surface area contributed by atoms with Crippen molar-refractivity contribution in [2.24, 2.45) is 10.7 Å². The van der Waals surface area contributed by atoms with Crippen molar-refractivity contribution in [3.05, 3.63) is 52.9 Å². The number of amidine groups is 1. The Morgan fingerprint density at radius 1 is 1.11 bits per heavy atom. The molecular weight excluding hydrogens is 244 g/mol. The highest BCUT2D eigenvalue weighted by molar-refractivity contribution is 8.18. The Balaban J connectivity index is 2.14. The highest BCUT2D eigenvalue weighted by atomic mass is 32.2. The summed E-state index contributed by atoms with van der Waals surface area (Å²) in [7, 11) is 0. The van der Waals surface area contributed by atoms with Crippen molar-refractivity contribution >= 4 is 39.7 Å². The molecule has 0 spiro atoms. The number of thioether (sulfide) groups is 1. The van der Waals surface area contributed by atoms with Gasteiger partial charge < -0.3 is 5.73 Å². The third kappa shape index (κ3) is 1.91. The fraction of sp³-hybridized carbons (Fsp3) is 0. The molecule has 1 aliphatic rings. The van der Waals surface area contributed by atoms with Gasteiger partial charge in [0.25, 0.3) is 0 Å². The van der Waals surface area contributed by atoms with Crippen molar-refractivity contribution in [3.63, 3.8) is 0 Å². The maximum atomic E-state index is 11.2. The highest BCUT2D eigenvalue weighted by Crippen LogP contribution is 2.29. The number of nitrogens with zero attached hydrogens (tertiary/aromatic N) is 1. The molecule has 0 unspecified atom stereocenters. The van der Waals surface area contributed by atoms with Crippen molar-refractivity contribution < 1.29 is 4.79 Å². The van der Waals surface area contributed by atoms with Crippen LogP contribution in [0.1, 0.15) is 5.56 Å². The van der Waals surface area contributed by atoms with Gasteiger partial charge >= 0.3 is 5.24 Å². The van der Waals surface area contributed by atoms with E-state index in [4.69, 9.17) is 5.73 Å². The molecule has 4 heteroatoms. The van der Waals surface area contributed by atoms with Crippen molar-refractivity contribution in [2.75, 3.05) is 0 Å². The van der Waals surface area contributed by atoms with E-state index in [0.717, 1.165) is 33.0 Å². The van der Waals surface area contributed by atoms with E-state index in [9.17, 15) is 4.79 Å². The molecule has 2 N–H and O–H groups in total. The maximum Gasteiger partial charge on any atom is 0.311 e. The van der Waals surface area contributed by atoms with Crippen LogP contribution in [0.15, 0.2) is 52.4 Å². The third-order valence-electron chi connectivity index (χ3n) is 2.77. The highest BCUT2D eigenvalue weighted by Gasteiger charge is 2.18. The van der Waals surface area contributed by atoms with Gasteiger partial charge in [-0.25, -0.2) is 0 Å². The number of fused-ring (bicyclic) bond motifs is 1. The van der Waals surface area contributed by atoms with Gasteiger partial charge in [0.05, 0.1) is 4.91 Å². The molecule has 0 saturated carbocycles. The van der Waals surface area contributed by atoms with Gasteiger partial charge in [0.15, 0.2) is 0 Å². The molecule has 1 heterocycles. The summed E-state index contributed by atoms with van der Waals surface area (Å²) in [6.45, 7) is 0. The van der Waals surface area contributed by atoms with E-state index in [-0.39, 0.29) is 5.24 Å². The molecule has 0 aromatic heterocycles. The van der Waals surface area contributed by atoms with E-state index < -0.39 is 0 Å². The van der Waals surface area contributed by atoms with Crippen LogP contribution in [0, 0.1) is 0 Å². The molecule has 0 aliphatic carbocycles. The second-order valence-electron chi connectivity index (χ2n) is 3.94. The molecular formula is C14H10N2OS. The van der Waals surface area contributed by atoms with Gasteiger partial charge in [-0.2, -0.15) is 4.99 Å². The zero-order chi connectivity index (χ0) is 12.5. The normalized spacial score (nSPS) is 17.4. The molecule has 0 fully saturated rings. The summed E-state index contributed by atoms with van der Waals surface area (Å²) >= 11 is 1.07. The number of carbonyl (C=O) groups excluding carboxylic acids is 1. The molecule has 18 heavy (non-hydrogen) atoms. The number of carbonyl (C=O) groups is 1. The van der Waals surface area contributed by atoms with Crippen LogP contribution in [0.3, 0.4) is 0 Å². The average Bonchev–Trinajstić information content (AvgIpc) is 2.68. The molecule has 0 bridgehead atoms. The molecule has 0 saturated heterocycles. The predicted octanol–water partition coefficient (Wildman–Crippen LogP) is 3.40. The van der Waals surface area contributed by atoms with E-state index in [1.165, 1.54) is 0 Å². The maximum absolute atomic E-state index is 11.2. The summed E-state index contributed by atoms with van der Waals surface area (Å²) in [5.41, 5.74) is 6.75. The van der Waals surface area contributed by atoms with Crippen LogP contribution in [-0.4, -0.2) is 11.1 Å². The van der Waals surface area contributed by atoms with Gasteiger partial charge in [-0.3, -0.25) is 4.79 Å². The number of amides is 1. The van der Waals surface area contributed by atoms with Crippen molar-refractivity contribution in [1.82, 2.24) is 0 Å². The van der Waals surface area contributed by atoms with Crippen LogP contribution in [-0.2, 0) is 0 Å². The minimum absolute atomic E-state index is 0.251. The quantitative estimate of drug-likeness (QED) is 0.848. The van der Waals surface area contributed by atoms with Gasteiger partial charge in [0.1, 0.15) is 5.84 Å². The number of hydrogen-bond acceptors (Lipinski definition) is 3. The second-order valence-corrected chi connectivity index (χ2v) is 4.94. The molecule has 1 amide bonds. The predicted molar refractivity (Wildman–Crippen MR) is 76.5 cm³/mol. The first-order chi connectivity index (χ1) is 8.74. The van der Waals surface area contributed by atoms with E-state index in [1.807, 2.05) is 30.3 Å². The van der Waals surface area contributed by atoms with Crippen LogP contribution in [0.4, 0.5) is 4.79 Å². The van der Waals surface area contributed by atoms with Crippen LogP contribution >= 0.6 is 11.8 Å². The topological polar surface area (TPSA) is 55.4 Å². The van der Waals surface area contributed by atoms with Gasteiger partial charge in [0.2, 0.25) is 0 Å². The van der Waals surface area contributed by atoms with E-state index in [0.29, 0.717) is 5.84 Å². The van der Waals surface area contributed by atoms with Gasteiger partial charge in [0, 0.05) is 0 Å². The van der Waals surface area contributed by atoms with Gasteiger partial charge in [-0.1, -0.05) is 42.5 Å². The molecule has 3 rings (SSSR count). The minimum Gasteiger partial charge on any atom is -0.383 e. The fourth-order valence-electron chi connectivity index (χ4n) is 1.94. The summed E-state index contributed by atoms with van der Waals surface area (Å²) in [5, 5.41) is 2.05. The number of benzene rings is 2. The molecule has 3 nitrogen and oxygen atoms in total. The van der Waals surface area contributed by atoms with Crippen LogP contribution in [0.2, 0.25) is 0 Å². The van der Waals surface area contributed by atoms with E-state index in [1.54, 1.807) is 0 Å². The molecule has 0 atom stereocenters. The lowest BCUT2D eigenvalue weighted by Crippen LogP contribution is -2.08. The van der Waals surface area contributed by atoms with Crippen LogP contribution in [0.5, 0.6) is 0 Å². The first-order valence-corrected chi connectivity index (χ1v) is 6.31. The van der Waals surface area contributed by atoms with Crippen molar-refractivity contribution in [1.29, 1.82) is 0 Å². The number of rotatable bonds is 1. The molecule has 88 valence electrons. The average molecular weight is 254 g/mol. The summed E-state index contributed by atoms with van der Waals surface area (Å²) in [6.07, 6.45) is 1.91. The lowest BCUT2D eigenvalue weighted by atomic mass is 10.0. The minimum atomic E-state index is -0.251. The molecule has 0 radical (unpaired) electrons. The lowest BCUT2D eigenvalue weighted by Gasteiger charge is -2.03. The third-order valence-corrected chi connectivity index (χ3v) is 3.58. The number of aliphatic imine (C=N–C) groups is 1. The Morgan fingerprint density at radius 2 is 1.89 bits per heavy atom. The van der Waals surface area contributed by atoms with Crippen LogP contribution in [0.25, 0.3) is 16.8 Å². The second kappa shape index (κ2) is 4.31. The van der Waals surface area contributed by atoms with Crippen molar-refractivity contribution in [3.8, 4) is 0 Å². The number of hydrogen-bond donors (Lipinski definition) is 1. The summed E-state index contributed by atoms with van der Waals surface area (Å²) in [4.78, 5) is 15.6.